The Hall–Kier alpha value is -1.33. The quantitative estimate of drug-likeness (QED) is 0.866. The van der Waals surface area contributed by atoms with Gasteiger partial charge in [0.1, 0.15) is 5.76 Å². The number of furan rings is 1. The van der Waals surface area contributed by atoms with Gasteiger partial charge in [-0.2, -0.15) is 0 Å². The fourth-order valence-electron chi connectivity index (χ4n) is 2.59. The van der Waals surface area contributed by atoms with Crippen molar-refractivity contribution < 1.29 is 19.1 Å². The highest BCUT2D eigenvalue weighted by molar-refractivity contribution is 5.71. The molecule has 0 aliphatic carbocycles. The minimum Gasteiger partial charge on any atom is -0.481 e. The molecule has 0 aromatic carbocycles. The standard InChI is InChI=1S/C13H19NO4/c1-3-14(9(2)12-5-4-6-18-12)11-8-17-7-10(11)13(15)16/h4-6,9-11H,3,7-8H2,1-2H3,(H,15,16). The van der Waals surface area contributed by atoms with Crippen molar-refractivity contribution in [2.75, 3.05) is 19.8 Å². The van der Waals surface area contributed by atoms with Crippen LogP contribution in [0.3, 0.4) is 0 Å². The second-order valence-electron chi connectivity index (χ2n) is 4.57. The van der Waals surface area contributed by atoms with Gasteiger partial charge in [0, 0.05) is 6.04 Å². The number of nitrogens with zero attached hydrogens (tertiary/aromatic N) is 1. The summed E-state index contributed by atoms with van der Waals surface area (Å²) in [6.07, 6.45) is 1.64. The summed E-state index contributed by atoms with van der Waals surface area (Å²) in [5.74, 6) is -0.391. The van der Waals surface area contributed by atoms with E-state index >= 15 is 0 Å². The van der Waals surface area contributed by atoms with Crippen molar-refractivity contribution in [3.05, 3.63) is 24.2 Å². The van der Waals surface area contributed by atoms with Crippen molar-refractivity contribution in [2.45, 2.75) is 25.9 Å². The van der Waals surface area contributed by atoms with Crippen molar-refractivity contribution in [1.29, 1.82) is 0 Å². The number of hydrogen-bond acceptors (Lipinski definition) is 4. The van der Waals surface area contributed by atoms with Gasteiger partial charge in [0.2, 0.25) is 0 Å². The van der Waals surface area contributed by atoms with Gasteiger partial charge in [-0.25, -0.2) is 0 Å². The van der Waals surface area contributed by atoms with E-state index in [1.54, 1.807) is 6.26 Å². The summed E-state index contributed by atoms with van der Waals surface area (Å²) >= 11 is 0. The molecule has 1 N–H and O–H groups in total. The Morgan fingerprint density at radius 1 is 1.61 bits per heavy atom. The van der Waals surface area contributed by atoms with Crippen LogP contribution in [-0.2, 0) is 9.53 Å². The third-order valence-electron chi connectivity index (χ3n) is 3.61. The molecule has 1 aromatic rings. The fourth-order valence-corrected chi connectivity index (χ4v) is 2.59. The molecule has 2 heterocycles. The highest BCUT2D eigenvalue weighted by atomic mass is 16.5. The summed E-state index contributed by atoms with van der Waals surface area (Å²) in [4.78, 5) is 13.3. The zero-order valence-corrected chi connectivity index (χ0v) is 10.7. The lowest BCUT2D eigenvalue weighted by atomic mass is 10.00. The number of likely N-dealkylation sites (N-methyl/N-ethyl adjacent to an activating group) is 1. The molecule has 0 spiro atoms. The van der Waals surface area contributed by atoms with E-state index in [2.05, 4.69) is 4.90 Å². The lowest BCUT2D eigenvalue weighted by Gasteiger charge is -2.33. The smallest absolute Gasteiger partial charge is 0.310 e. The van der Waals surface area contributed by atoms with E-state index < -0.39 is 11.9 Å². The zero-order valence-electron chi connectivity index (χ0n) is 10.7. The van der Waals surface area contributed by atoms with E-state index in [1.807, 2.05) is 26.0 Å². The summed E-state index contributed by atoms with van der Waals surface area (Å²) in [7, 11) is 0. The summed E-state index contributed by atoms with van der Waals surface area (Å²) in [6.45, 7) is 5.58. The average molecular weight is 253 g/mol. The lowest BCUT2D eigenvalue weighted by molar-refractivity contribution is -0.143. The molecule has 0 radical (unpaired) electrons. The summed E-state index contributed by atoms with van der Waals surface area (Å²) in [6, 6.07) is 3.73. The second-order valence-corrected chi connectivity index (χ2v) is 4.57. The van der Waals surface area contributed by atoms with Gasteiger partial charge in [-0.15, -0.1) is 0 Å². The van der Waals surface area contributed by atoms with E-state index in [4.69, 9.17) is 9.15 Å². The molecule has 0 bridgehead atoms. The van der Waals surface area contributed by atoms with Gasteiger partial charge in [0.05, 0.1) is 31.4 Å². The van der Waals surface area contributed by atoms with Crippen LogP contribution >= 0.6 is 0 Å². The Labute approximate surface area is 106 Å². The minimum atomic E-state index is -0.789. The molecule has 100 valence electrons. The minimum absolute atomic E-state index is 0.0542. The van der Waals surface area contributed by atoms with E-state index in [0.29, 0.717) is 13.2 Å². The molecular weight excluding hydrogens is 234 g/mol. The van der Waals surface area contributed by atoms with Crippen molar-refractivity contribution in [2.24, 2.45) is 5.92 Å². The Morgan fingerprint density at radius 2 is 2.39 bits per heavy atom. The SMILES string of the molecule is CCN(C(C)c1ccco1)C1COCC1C(=O)O. The number of hydrogen-bond donors (Lipinski definition) is 1. The maximum atomic E-state index is 11.2. The van der Waals surface area contributed by atoms with E-state index in [-0.39, 0.29) is 12.1 Å². The van der Waals surface area contributed by atoms with Crippen LogP contribution in [0.25, 0.3) is 0 Å². The van der Waals surface area contributed by atoms with Crippen molar-refractivity contribution in [3.63, 3.8) is 0 Å². The van der Waals surface area contributed by atoms with Gasteiger partial charge in [-0.1, -0.05) is 6.92 Å². The van der Waals surface area contributed by atoms with Crippen molar-refractivity contribution in [1.82, 2.24) is 4.90 Å². The number of carbonyl (C=O) groups is 1. The molecular formula is C13H19NO4. The molecule has 2 rings (SSSR count). The second kappa shape index (κ2) is 5.54. The summed E-state index contributed by atoms with van der Waals surface area (Å²) in [5.41, 5.74) is 0. The first kappa shape index (κ1) is 13.1. The Morgan fingerprint density at radius 3 is 2.94 bits per heavy atom. The predicted octanol–water partition coefficient (Wildman–Crippen LogP) is 1.76. The number of aliphatic carboxylic acids is 1. The van der Waals surface area contributed by atoms with Gasteiger partial charge in [0.25, 0.3) is 0 Å². The van der Waals surface area contributed by atoms with Crippen LogP contribution in [0.4, 0.5) is 0 Å². The van der Waals surface area contributed by atoms with Crippen molar-refractivity contribution in [3.8, 4) is 0 Å². The summed E-state index contributed by atoms with van der Waals surface area (Å²) in [5, 5.41) is 9.21. The van der Waals surface area contributed by atoms with Crippen molar-refractivity contribution >= 4 is 5.97 Å². The lowest BCUT2D eigenvalue weighted by Crippen LogP contribution is -2.44. The first-order valence-corrected chi connectivity index (χ1v) is 6.24. The third-order valence-corrected chi connectivity index (χ3v) is 3.61. The van der Waals surface area contributed by atoms with E-state index in [0.717, 1.165) is 12.3 Å². The van der Waals surface area contributed by atoms with Crippen LogP contribution in [0.2, 0.25) is 0 Å². The molecule has 5 heteroatoms. The number of carboxylic acids is 1. The summed E-state index contributed by atoms with van der Waals surface area (Å²) < 4.78 is 10.7. The molecule has 0 saturated carbocycles. The first-order valence-electron chi connectivity index (χ1n) is 6.24. The molecule has 1 aliphatic rings. The van der Waals surface area contributed by atoms with Gasteiger partial charge < -0.3 is 14.3 Å². The van der Waals surface area contributed by atoms with Crippen LogP contribution < -0.4 is 0 Å². The van der Waals surface area contributed by atoms with Crippen LogP contribution in [0.5, 0.6) is 0 Å². The molecule has 3 atom stereocenters. The topological polar surface area (TPSA) is 62.9 Å². The molecule has 1 saturated heterocycles. The maximum Gasteiger partial charge on any atom is 0.310 e. The Kier molecular flexibility index (Phi) is 4.04. The Bertz CT molecular complexity index is 390. The normalized spacial score (nSPS) is 25.5. The van der Waals surface area contributed by atoms with Crippen LogP contribution in [0.1, 0.15) is 25.6 Å². The largest absolute Gasteiger partial charge is 0.481 e. The number of ether oxygens (including phenoxy) is 1. The van der Waals surface area contributed by atoms with Gasteiger partial charge in [-0.3, -0.25) is 9.69 Å². The first-order chi connectivity index (χ1) is 8.65. The van der Waals surface area contributed by atoms with Gasteiger partial charge >= 0.3 is 5.97 Å². The van der Waals surface area contributed by atoms with Gasteiger partial charge in [0.15, 0.2) is 0 Å². The molecule has 1 fully saturated rings. The molecule has 1 aliphatic heterocycles. The predicted molar refractivity (Wildman–Crippen MR) is 65.2 cm³/mol. The molecule has 5 nitrogen and oxygen atoms in total. The number of rotatable bonds is 5. The third kappa shape index (κ3) is 2.42. The zero-order chi connectivity index (χ0) is 13.1. The maximum absolute atomic E-state index is 11.2. The highest BCUT2D eigenvalue weighted by Gasteiger charge is 2.39. The monoisotopic (exact) mass is 253 g/mol. The van der Waals surface area contributed by atoms with Gasteiger partial charge in [-0.05, 0) is 25.6 Å². The van der Waals surface area contributed by atoms with Crippen LogP contribution in [0, 0.1) is 5.92 Å². The van der Waals surface area contributed by atoms with E-state index in [9.17, 15) is 9.90 Å². The van der Waals surface area contributed by atoms with Crippen LogP contribution in [0.15, 0.2) is 22.8 Å². The molecule has 1 aromatic heterocycles. The average Bonchev–Trinajstić information content (AvgIpc) is 3.00. The number of carboxylic acid groups (broad SMARTS) is 1. The fraction of sp³-hybridized carbons (Fsp3) is 0.615. The molecule has 18 heavy (non-hydrogen) atoms. The van der Waals surface area contributed by atoms with E-state index in [1.165, 1.54) is 0 Å². The molecule has 3 unspecified atom stereocenters. The Balaban J connectivity index is 2.15. The highest BCUT2D eigenvalue weighted by Crippen LogP contribution is 2.28. The van der Waals surface area contributed by atoms with Crippen LogP contribution in [-0.4, -0.2) is 41.8 Å². The molecule has 0 amide bonds.